The fraction of sp³-hybridized carbons (Fsp3) is 0. The van der Waals surface area contributed by atoms with Crippen molar-refractivity contribution in [2.24, 2.45) is 0 Å². The van der Waals surface area contributed by atoms with Crippen molar-refractivity contribution in [3.05, 3.63) is 165 Å². The maximum absolute atomic E-state index is 5.02. The maximum Gasteiger partial charge on any atom is 0.198 e. The van der Waals surface area contributed by atoms with Crippen LogP contribution in [0.1, 0.15) is 0 Å². The highest BCUT2D eigenvalue weighted by atomic mass is 15.0. The van der Waals surface area contributed by atoms with Crippen LogP contribution >= 0.6 is 0 Å². The third-order valence-electron chi connectivity index (χ3n) is 10.8. The summed E-state index contributed by atoms with van der Waals surface area (Å²) in [6.45, 7) is 0. The molecule has 0 atom stereocenters. The molecular formula is C47H27N11. The van der Waals surface area contributed by atoms with Crippen molar-refractivity contribution in [3.8, 4) is 45.1 Å². The van der Waals surface area contributed by atoms with E-state index in [1.165, 1.54) is 0 Å². The van der Waals surface area contributed by atoms with Gasteiger partial charge in [-0.05, 0) is 48.0 Å². The fourth-order valence-electron chi connectivity index (χ4n) is 8.32. The van der Waals surface area contributed by atoms with Crippen LogP contribution in [-0.2, 0) is 0 Å². The lowest BCUT2D eigenvalue weighted by Crippen LogP contribution is -2.05. The van der Waals surface area contributed by atoms with Crippen molar-refractivity contribution in [2.75, 3.05) is 0 Å². The molecule has 0 unspecified atom stereocenters. The summed E-state index contributed by atoms with van der Waals surface area (Å²) in [7, 11) is 0. The van der Waals surface area contributed by atoms with Gasteiger partial charge in [-0.25, -0.2) is 39.9 Å². The molecule has 7 aromatic heterocycles. The number of aromatic nitrogens is 11. The molecule has 0 bridgehead atoms. The van der Waals surface area contributed by atoms with E-state index in [1.54, 1.807) is 37.2 Å². The van der Waals surface area contributed by atoms with E-state index in [2.05, 4.69) is 155 Å². The molecular weight excluding hydrogens is 719 g/mol. The number of fused-ring (bicyclic) bond motifs is 8. The van der Waals surface area contributed by atoms with E-state index in [9.17, 15) is 0 Å². The summed E-state index contributed by atoms with van der Waals surface area (Å²) in [6, 6.07) is 42.9. The third kappa shape index (κ3) is 4.83. The first-order chi connectivity index (χ1) is 28.8. The largest absolute Gasteiger partial charge is 0.309 e. The molecule has 0 aliphatic heterocycles. The van der Waals surface area contributed by atoms with Gasteiger partial charge < -0.3 is 9.13 Å². The minimum absolute atomic E-state index is 0.433. The predicted octanol–water partition coefficient (Wildman–Crippen LogP) is 9.74. The zero-order valence-electron chi connectivity index (χ0n) is 30.5. The number of hydrogen-bond acceptors (Lipinski definition) is 9. The molecule has 0 saturated carbocycles. The van der Waals surface area contributed by atoms with E-state index in [1.807, 2.05) is 6.20 Å². The minimum Gasteiger partial charge on any atom is -0.309 e. The Bertz CT molecular complexity index is 3370. The fourth-order valence-corrected chi connectivity index (χ4v) is 8.32. The molecule has 270 valence electrons. The highest BCUT2D eigenvalue weighted by molar-refractivity contribution is 6.12. The van der Waals surface area contributed by atoms with Gasteiger partial charge in [0.25, 0.3) is 0 Å². The van der Waals surface area contributed by atoms with Gasteiger partial charge in [0.05, 0.1) is 57.2 Å². The summed E-state index contributed by atoms with van der Waals surface area (Å²) in [4.78, 5) is 42.0. The lowest BCUT2D eigenvalue weighted by atomic mass is 9.94. The van der Waals surface area contributed by atoms with Crippen LogP contribution in [0.25, 0.3) is 111 Å². The van der Waals surface area contributed by atoms with E-state index >= 15 is 0 Å². The molecule has 11 heteroatoms. The van der Waals surface area contributed by atoms with E-state index < -0.39 is 0 Å². The second-order valence-corrected chi connectivity index (χ2v) is 13.9. The van der Waals surface area contributed by atoms with Gasteiger partial charge in [0.2, 0.25) is 0 Å². The van der Waals surface area contributed by atoms with E-state index in [-0.39, 0.29) is 0 Å². The van der Waals surface area contributed by atoms with Crippen LogP contribution in [0.5, 0.6) is 0 Å². The lowest BCUT2D eigenvalue weighted by Gasteiger charge is -2.22. The quantitative estimate of drug-likeness (QED) is 0.169. The van der Waals surface area contributed by atoms with Gasteiger partial charge in [0.15, 0.2) is 22.6 Å². The highest BCUT2D eigenvalue weighted by Gasteiger charge is 2.25. The molecule has 58 heavy (non-hydrogen) atoms. The van der Waals surface area contributed by atoms with Gasteiger partial charge in [0.1, 0.15) is 5.69 Å². The number of pyridine rings is 1. The van der Waals surface area contributed by atoms with Gasteiger partial charge in [-0.15, -0.1) is 0 Å². The Morgan fingerprint density at radius 1 is 0.328 bits per heavy atom. The van der Waals surface area contributed by atoms with E-state index in [0.29, 0.717) is 39.7 Å². The van der Waals surface area contributed by atoms with Gasteiger partial charge >= 0.3 is 0 Å². The van der Waals surface area contributed by atoms with Gasteiger partial charge in [-0.1, -0.05) is 78.9 Å². The Balaban J connectivity index is 1.25. The summed E-state index contributed by atoms with van der Waals surface area (Å²) >= 11 is 0. The molecule has 0 N–H and O–H groups in total. The maximum atomic E-state index is 5.02. The van der Waals surface area contributed by atoms with Crippen molar-refractivity contribution in [3.63, 3.8) is 0 Å². The van der Waals surface area contributed by atoms with Gasteiger partial charge in [-0.3, -0.25) is 4.98 Å². The molecule has 0 radical (unpaired) electrons. The normalized spacial score (nSPS) is 11.8. The minimum atomic E-state index is 0.433. The van der Waals surface area contributed by atoms with Crippen LogP contribution in [0.4, 0.5) is 0 Å². The summed E-state index contributed by atoms with van der Waals surface area (Å²) in [5, 5.41) is 4.64. The predicted molar refractivity (Wildman–Crippen MR) is 227 cm³/mol. The summed E-state index contributed by atoms with van der Waals surface area (Å²) in [6.07, 6.45) is 11.8. The SMILES string of the molecule is c1cc(-n2c3ccccc3c3ccccc32)c(-c2cc(-c3cnc4nccnc4n3)ncc2-c2cnc3nccnc3n2)c(-n2c3ccccc3c3ccccc32)c1. The molecule has 0 aliphatic carbocycles. The Kier molecular flexibility index (Phi) is 6.96. The molecule has 12 rings (SSSR count). The summed E-state index contributed by atoms with van der Waals surface area (Å²) in [5.74, 6) is 0. The first kappa shape index (κ1) is 32.0. The average molecular weight is 746 g/mol. The second kappa shape index (κ2) is 12.6. The Morgan fingerprint density at radius 2 is 0.759 bits per heavy atom. The standard InChI is InChI=1S/C47H27N11/c1-5-14-37-28(10-1)29-11-2-6-15-38(29)57(37)41-18-9-19-42(58-39-16-7-3-12-30(39)31-13-4-8-17-40(31)58)43(41)32-24-34(36-27-54-45-47(56-36)51-23-21-49-45)52-25-33(32)35-26-53-44-46(55-35)50-22-20-48-44/h1-27H. The van der Waals surface area contributed by atoms with Crippen molar-refractivity contribution >= 4 is 66.2 Å². The Labute approximate surface area is 329 Å². The lowest BCUT2D eigenvalue weighted by molar-refractivity contribution is 1.13. The first-order valence-corrected chi connectivity index (χ1v) is 18.8. The van der Waals surface area contributed by atoms with E-state index in [0.717, 1.165) is 71.7 Å². The Morgan fingerprint density at radius 3 is 1.26 bits per heavy atom. The molecule has 12 aromatic rings. The number of para-hydroxylation sites is 4. The molecule has 0 aliphatic rings. The van der Waals surface area contributed by atoms with Crippen molar-refractivity contribution in [1.29, 1.82) is 0 Å². The third-order valence-corrected chi connectivity index (χ3v) is 10.8. The molecule has 11 nitrogen and oxygen atoms in total. The van der Waals surface area contributed by atoms with E-state index in [4.69, 9.17) is 19.9 Å². The molecule has 0 saturated heterocycles. The molecule has 5 aromatic carbocycles. The zero-order valence-corrected chi connectivity index (χ0v) is 30.5. The summed E-state index contributed by atoms with van der Waals surface area (Å²) in [5.41, 5.74) is 12.4. The van der Waals surface area contributed by atoms with Crippen LogP contribution in [0.15, 0.2) is 165 Å². The molecule has 0 amide bonds. The molecule has 0 spiro atoms. The van der Waals surface area contributed by atoms with Crippen molar-refractivity contribution in [2.45, 2.75) is 0 Å². The van der Waals surface area contributed by atoms with Crippen LogP contribution in [0, 0.1) is 0 Å². The topological polar surface area (TPSA) is 126 Å². The zero-order chi connectivity index (χ0) is 38.2. The monoisotopic (exact) mass is 745 g/mol. The van der Waals surface area contributed by atoms with Crippen LogP contribution in [0.3, 0.4) is 0 Å². The summed E-state index contributed by atoms with van der Waals surface area (Å²) < 4.78 is 4.73. The number of nitrogens with zero attached hydrogens (tertiary/aromatic N) is 11. The highest BCUT2D eigenvalue weighted by Crippen LogP contribution is 2.45. The Hall–Kier alpha value is -8.31. The first-order valence-electron chi connectivity index (χ1n) is 18.8. The average Bonchev–Trinajstić information content (AvgIpc) is 3.81. The smallest absolute Gasteiger partial charge is 0.198 e. The number of rotatable bonds is 5. The van der Waals surface area contributed by atoms with Crippen molar-refractivity contribution in [1.82, 2.24) is 54.0 Å². The molecule has 7 heterocycles. The number of hydrogen-bond donors (Lipinski definition) is 0. The van der Waals surface area contributed by atoms with Crippen molar-refractivity contribution < 1.29 is 0 Å². The second-order valence-electron chi connectivity index (χ2n) is 13.9. The van der Waals surface area contributed by atoms with Gasteiger partial charge in [0, 0.05) is 63.7 Å². The van der Waals surface area contributed by atoms with Gasteiger partial charge in [-0.2, -0.15) is 0 Å². The number of benzene rings is 5. The molecule has 0 fully saturated rings. The van der Waals surface area contributed by atoms with Crippen LogP contribution < -0.4 is 0 Å². The van der Waals surface area contributed by atoms with Crippen LogP contribution in [-0.4, -0.2) is 54.0 Å². The van der Waals surface area contributed by atoms with Crippen LogP contribution in [0.2, 0.25) is 0 Å².